The quantitative estimate of drug-likeness (QED) is 0.795. The summed E-state index contributed by atoms with van der Waals surface area (Å²) >= 11 is 0. The molecule has 0 spiro atoms. The third-order valence-electron chi connectivity index (χ3n) is 3.55. The number of rotatable bonds is 5. The zero-order valence-electron chi connectivity index (χ0n) is 10.9. The van der Waals surface area contributed by atoms with Crippen LogP contribution in [0.1, 0.15) is 24.8 Å². The fraction of sp³-hybridized carbons (Fsp3) is 0.438. The molecule has 3 heteroatoms. The van der Waals surface area contributed by atoms with E-state index in [9.17, 15) is 15.0 Å². The van der Waals surface area contributed by atoms with Crippen molar-refractivity contribution in [1.29, 1.82) is 0 Å². The van der Waals surface area contributed by atoms with Crippen LogP contribution in [0.4, 0.5) is 0 Å². The van der Waals surface area contributed by atoms with Gasteiger partial charge in [0.1, 0.15) is 5.78 Å². The summed E-state index contributed by atoms with van der Waals surface area (Å²) < 4.78 is 0. The van der Waals surface area contributed by atoms with Crippen LogP contribution < -0.4 is 0 Å². The molecule has 1 aliphatic carbocycles. The summed E-state index contributed by atoms with van der Waals surface area (Å²) in [5.41, 5.74) is 1.20. The molecular weight excluding hydrogens is 240 g/mol. The lowest BCUT2D eigenvalue weighted by Gasteiger charge is -2.10. The number of aliphatic hydroxyl groups is 2. The molecule has 0 saturated heterocycles. The van der Waals surface area contributed by atoms with E-state index >= 15 is 0 Å². The van der Waals surface area contributed by atoms with Crippen molar-refractivity contribution >= 4 is 5.78 Å². The Hall–Kier alpha value is -1.45. The minimum Gasteiger partial charge on any atom is -0.392 e. The second-order valence-corrected chi connectivity index (χ2v) is 5.15. The molecule has 2 rings (SSSR count). The molecule has 1 aromatic carbocycles. The average Bonchev–Trinajstić information content (AvgIpc) is 2.73. The summed E-state index contributed by atoms with van der Waals surface area (Å²) in [6, 6.07) is 10.0. The highest BCUT2D eigenvalue weighted by molar-refractivity contribution is 5.81. The van der Waals surface area contributed by atoms with Crippen LogP contribution in [-0.4, -0.2) is 28.2 Å². The number of hydrogen-bond acceptors (Lipinski definition) is 3. The van der Waals surface area contributed by atoms with E-state index in [1.807, 2.05) is 30.3 Å². The smallest absolute Gasteiger partial charge is 0.136 e. The van der Waals surface area contributed by atoms with Gasteiger partial charge in [-0.25, -0.2) is 0 Å². The Morgan fingerprint density at radius 1 is 1.26 bits per heavy atom. The zero-order chi connectivity index (χ0) is 13.7. The van der Waals surface area contributed by atoms with Gasteiger partial charge in [0, 0.05) is 18.8 Å². The molecule has 0 unspecified atom stereocenters. The second kappa shape index (κ2) is 6.64. The van der Waals surface area contributed by atoms with Crippen molar-refractivity contribution < 1.29 is 15.0 Å². The van der Waals surface area contributed by atoms with E-state index in [2.05, 4.69) is 0 Å². The topological polar surface area (TPSA) is 57.5 Å². The van der Waals surface area contributed by atoms with Crippen molar-refractivity contribution in [3.05, 3.63) is 48.0 Å². The van der Waals surface area contributed by atoms with Gasteiger partial charge >= 0.3 is 0 Å². The van der Waals surface area contributed by atoms with Crippen LogP contribution in [0.25, 0.3) is 0 Å². The van der Waals surface area contributed by atoms with Crippen molar-refractivity contribution in [2.24, 2.45) is 5.92 Å². The van der Waals surface area contributed by atoms with Gasteiger partial charge in [0.15, 0.2) is 0 Å². The van der Waals surface area contributed by atoms with E-state index < -0.39 is 12.2 Å². The monoisotopic (exact) mass is 260 g/mol. The molecule has 1 saturated carbocycles. The van der Waals surface area contributed by atoms with Crippen LogP contribution in [-0.2, 0) is 11.2 Å². The first-order chi connectivity index (χ1) is 9.15. The van der Waals surface area contributed by atoms with Crippen molar-refractivity contribution in [3.63, 3.8) is 0 Å². The minimum atomic E-state index is -0.579. The molecule has 0 heterocycles. The predicted molar refractivity (Wildman–Crippen MR) is 73.6 cm³/mol. The fourth-order valence-electron chi connectivity index (χ4n) is 2.39. The van der Waals surface area contributed by atoms with Crippen LogP contribution in [0.2, 0.25) is 0 Å². The highest BCUT2D eigenvalue weighted by atomic mass is 16.3. The first-order valence-electron chi connectivity index (χ1n) is 6.75. The van der Waals surface area contributed by atoms with Gasteiger partial charge in [0.05, 0.1) is 12.2 Å². The van der Waals surface area contributed by atoms with Crippen LogP contribution in [0.15, 0.2) is 42.5 Å². The summed E-state index contributed by atoms with van der Waals surface area (Å²) in [6.07, 6.45) is 4.49. The van der Waals surface area contributed by atoms with E-state index in [-0.39, 0.29) is 18.1 Å². The Kier molecular flexibility index (Phi) is 4.88. The Morgan fingerprint density at radius 2 is 2.00 bits per heavy atom. The number of Topliss-reactive ketones (excluding diaryl/α,β-unsaturated/α-hetero) is 1. The number of benzene rings is 1. The molecule has 0 radical (unpaired) electrons. The van der Waals surface area contributed by atoms with Crippen LogP contribution in [0.3, 0.4) is 0 Å². The van der Waals surface area contributed by atoms with E-state index in [4.69, 9.17) is 0 Å². The number of carbonyl (C=O) groups excluding carboxylic acids is 1. The maximum Gasteiger partial charge on any atom is 0.136 e. The van der Waals surface area contributed by atoms with Gasteiger partial charge in [0.25, 0.3) is 0 Å². The highest BCUT2D eigenvalue weighted by Crippen LogP contribution is 2.24. The van der Waals surface area contributed by atoms with Gasteiger partial charge in [-0.2, -0.15) is 0 Å². The lowest BCUT2D eigenvalue weighted by molar-refractivity contribution is -0.117. The zero-order valence-corrected chi connectivity index (χ0v) is 10.9. The van der Waals surface area contributed by atoms with Crippen molar-refractivity contribution in [1.82, 2.24) is 0 Å². The number of aliphatic hydroxyl groups excluding tert-OH is 2. The summed E-state index contributed by atoms with van der Waals surface area (Å²) in [5, 5.41) is 19.5. The van der Waals surface area contributed by atoms with Crippen molar-refractivity contribution in [2.75, 3.05) is 0 Å². The number of ketones is 1. The summed E-state index contributed by atoms with van der Waals surface area (Å²) in [4.78, 5) is 11.2. The standard InChI is InChI=1S/C16H20O3/c17-14(8-6-12-4-2-1-3-5-12)9-7-13-10-15(18)11-16(13)19/h1-5,7,9,13-14,16-17,19H,6,8,10-11H2/t13-,14-,16+/m0/s1. The second-order valence-electron chi connectivity index (χ2n) is 5.15. The van der Waals surface area contributed by atoms with Gasteiger partial charge in [-0.1, -0.05) is 42.5 Å². The average molecular weight is 260 g/mol. The van der Waals surface area contributed by atoms with Crippen LogP contribution in [0, 0.1) is 5.92 Å². The molecule has 2 N–H and O–H groups in total. The first kappa shape index (κ1) is 14.0. The molecule has 1 aromatic rings. The molecule has 0 bridgehead atoms. The minimum absolute atomic E-state index is 0.0981. The van der Waals surface area contributed by atoms with Gasteiger partial charge in [-0.05, 0) is 18.4 Å². The summed E-state index contributed by atoms with van der Waals surface area (Å²) in [5.74, 6) is -0.0280. The Labute approximate surface area is 113 Å². The number of hydrogen-bond donors (Lipinski definition) is 2. The largest absolute Gasteiger partial charge is 0.392 e. The molecule has 0 amide bonds. The Bertz CT molecular complexity index is 439. The third-order valence-corrected chi connectivity index (χ3v) is 3.55. The molecule has 1 fully saturated rings. The lowest BCUT2D eigenvalue weighted by atomic mass is 10.0. The SMILES string of the molecule is O=C1C[C@@H](O)[C@@H](C=C[C@@H](O)CCc2ccccc2)C1. The van der Waals surface area contributed by atoms with E-state index in [0.717, 1.165) is 6.42 Å². The maximum absolute atomic E-state index is 11.2. The predicted octanol–water partition coefficient (Wildman–Crippen LogP) is 1.88. The maximum atomic E-state index is 11.2. The van der Waals surface area contributed by atoms with Gasteiger partial charge in [-0.15, -0.1) is 0 Å². The summed E-state index contributed by atoms with van der Waals surface area (Å²) in [6.45, 7) is 0. The van der Waals surface area contributed by atoms with Crippen LogP contribution >= 0.6 is 0 Å². The fourth-order valence-corrected chi connectivity index (χ4v) is 2.39. The molecule has 3 nitrogen and oxygen atoms in total. The van der Waals surface area contributed by atoms with Crippen LogP contribution in [0.5, 0.6) is 0 Å². The number of carbonyl (C=O) groups is 1. The van der Waals surface area contributed by atoms with Gasteiger partial charge < -0.3 is 10.2 Å². The van der Waals surface area contributed by atoms with Gasteiger partial charge in [0.2, 0.25) is 0 Å². The Morgan fingerprint density at radius 3 is 2.63 bits per heavy atom. The molecule has 0 aromatic heterocycles. The molecule has 1 aliphatic rings. The molecular formula is C16H20O3. The van der Waals surface area contributed by atoms with Crippen molar-refractivity contribution in [2.45, 2.75) is 37.9 Å². The first-order valence-corrected chi connectivity index (χ1v) is 6.75. The van der Waals surface area contributed by atoms with E-state index in [0.29, 0.717) is 12.8 Å². The molecule has 0 aliphatic heterocycles. The molecule has 102 valence electrons. The summed E-state index contributed by atoms with van der Waals surface area (Å²) in [7, 11) is 0. The van der Waals surface area contributed by atoms with Crippen molar-refractivity contribution in [3.8, 4) is 0 Å². The van der Waals surface area contributed by atoms with Gasteiger partial charge in [-0.3, -0.25) is 4.79 Å². The highest BCUT2D eigenvalue weighted by Gasteiger charge is 2.29. The molecule has 3 atom stereocenters. The van der Waals surface area contributed by atoms with E-state index in [1.165, 1.54) is 5.56 Å². The van der Waals surface area contributed by atoms with E-state index in [1.54, 1.807) is 12.2 Å². The lowest BCUT2D eigenvalue weighted by Crippen LogP contribution is -2.12. The number of aryl methyl sites for hydroxylation is 1. The normalized spacial score (nSPS) is 25.1. The Balaban J connectivity index is 1.78. The third kappa shape index (κ3) is 4.30. The molecule has 19 heavy (non-hydrogen) atoms.